The van der Waals surface area contributed by atoms with Gasteiger partial charge in [-0.05, 0) is 30.7 Å². The lowest BCUT2D eigenvalue weighted by molar-refractivity contribution is -0.140. The van der Waals surface area contributed by atoms with Crippen LogP contribution < -0.4 is 21.7 Å². The molecule has 0 spiro atoms. The van der Waals surface area contributed by atoms with Crippen molar-refractivity contribution < 1.29 is 24.6 Å². The zero-order chi connectivity index (χ0) is 28.1. The molecular formula is C24H32N8O5. The van der Waals surface area contributed by atoms with Gasteiger partial charge in [0.2, 0.25) is 5.95 Å². The van der Waals surface area contributed by atoms with Gasteiger partial charge < -0.3 is 31.9 Å². The largest absolute Gasteiger partial charge is 0.481 e. The van der Waals surface area contributed by atoms with Gasteiger partial charge in [-0.1, -0.05) is 13.8 Å². The zero-order valence-corrected chi connectivity index (χ0v) is 21.0. The Bertz CT molecular complexity index is 1220. The van der Waals surface area contributed by atoms with Gasteiger partial charge in [0.25, 0.3) is 5.91 Å². The first kappa shape index (κ1) is 30.2. The summed E-state index contributed by atoms with van der Waals surface area (Å²) in [6, 6.07) is 5.16. The highest BCUT2D eigenvalue weighted by atomic mass is 16.4. The third-order valence-corrected chi connectivity index (χ3v) is 4.72. The van der Waals surface area contributed by atoms with E-state index < -0.39 is 23.9 Å². The fourth-order valence-corrected chi connectivity index (χ4v) is 3.03. The predicted octanol–water partition coefficient (Wildman–Crippen LogP) is 2.10. The molecule has 7 N–H and O–H groups in total. The van der Waals surface area contributed by atoms with Crippen LogP contribution in [0, 0.1) is 0 Å². The van der Waals surface area contributed by atoms with E-state index in [0.29, 0.717) is 23.4 Å². The summed E-state index contributed by atoms with van der Waals surface area (Å²) in [5.74, 6) is -2.91. The summed E-state index contributed by atoms with van der Waals surface area (Å²) < 4.78 is 0. The molecule has 13 nitrogen and oxygen atoms in total. The van der Waals surface area contributed by atoms with Crippen molar-refractivity contribution >= 4 is 46.5 Å². The summed E-state index contributed by atoms with van der Waals surface area (Å²) in [6.45, 7) is 10.4. The number of hydrogen-bond acceptors (Lipinski definition) is 10. The molecule has 1 amide bonds. The Morgan fingerprint density at radius 1 is 1.05 bits per heavy atom. The monoisotopic (exact) mass is 512 g/mol. The molecule has 0 saturated carbocycles. The van der Waals surface area contributed by atoms with Crippen LogP contribution in [-0.2, 0) is 16.1 Å². The molecule has 0 radical (unpaired) electrons. The molecule has 2 heterocycles. The van der Waals surface area contributed by atoms with Crippen LogP contribution in [0.3, 0.4) is 0 Å². The van der Waals surface area contributed by atoms with Gasteiger partial charge in [0.15, 0.2) is 17.0 Å². The SMILES string of the molecule is C=C.CC.CN(Cc1cnc2nc(N)nc(N)c2n1)c1ccc(C(=O)NC(CCC(=O)O)C(=O)O)cc1. The molecule has 2 aromatic heterocycles. The molecule has 1 atom stereocenters. The number of benzene rings is 1. The highest BCUT2D eigenvalue weighted by molar-refractivity contribution is 5.97. The van der Waals surface area contributed by atoms with Crippen LogP contribution in [0.4, 0.5) is 17.5 Å². The van der Waals surface area contributed by atoms with E-state index in [1.807, 2.05) is 25.8 Å². The van der Waals surface area contributed by atoms with Crippen molar-refractivity contribution in [3.8, 4) is 0 Å². The van der Waals surface area contributed by atoms with Crippen molar-refractivity contribution in [1.29, 1.82) is 0 Å². The first-order valence-corrected chi connectivity index (χ1v) is 11.3. The number of nitrogens with two attached hydrogens (primary N) is 2. The van der Waals surface area contributed by atoms with Gasteiger partial charge in [-0.3, -0.25) is 9.59 Å². The average Bonchev–Trinajstić information content (AvgIpc) is 2.88. The molecule has 3 rings (SSSR count). The Hall–Kier alpha value is -4.81. The zero-order valence-electron chi connectivity index (χ0n) is 21.0. The number of carboxylic acid groups (broad SMARTS) is 2. The molecule has 0 aliphatic rings. The van der Waals surface area contributed by atoms with E-state index in [4.69, 9.17) is 16.6 Å². The van der Waals surface area contributed by atoms with E-state index in [2.05, 4.69) is 38.4 Å². The summed E-state index contributed by atoms with van der Waals surface area (Å²) in [4.78, 5) is 52.7. The Kier molecular flexibility index (Phi) is 11.9. The van der Waals surface area contributed by atoms with Crippen LogP contribution in [0.5, 0.6) is 0 Å². The number of carbonyl (C=O) groups is 3. The maximum Gasteiger partial charge on any atom is 0.326 e. The molecule has 198 valence electrons. The molecule has 0 bridgehead atoms. The lowest BCUT2D eigenvalue weighted by Crippen LogP contribution is -2.41. The molecule has 0 aliphatic carbocycles. The number of nitrogens with zero attached hydrogens (tertiary/aromatic N) is 5. The number of anilines is 3. The Balaban J connectivity index is 0.00000163. The van der Waals surface area contributed by atoms with Crippen LogP contribution in [0.2, 0.25) is 0 Å². The van der Waals surface area contributed by atoms with Gasteiger partial charge in [-0.15, -0.1) is 13.2 Å². The summed E-state index contributed by atoms with van der Waals surface area (Å²) in [7, 11) is 1.82. The van der Waals surface area contributed by atoms with E-state index in [1.54, 1.807) is 18.3 Å². The molecule has 1 aromatic carbocycles. The topological polar surface area (TPSA) is 211 Å². The highest BCUT2D eigenvalue weighted by Gasteiger charge is 2.21. The molecule has 37 heavy (non-hydrogen) atoms. The molecular weight excluding hydrogens is 480 g/mol. The summed E-state index contributed by atoms with van der Waals surface area (Å²) in [5, 5.41) is 20.2. The summed E-state index contributed by atoms with van der Waals surface area (Å²) in [6.07, 6.45) is 0.964. The van der Waals surface area contributed by atoms with E-state index >= 15 is 0 Å². The molecule has 0 fully saturated rings. The third-order valence-electron chi connectivity index (χ3n) is 4.72. The number of aromatic nitrogens is 4. The number of rotatable bonds is 9. The van der Waals surface area contributed by atoms with E-state index in [0.717, 1.165) is 5.69 Å². The molecule has 13 heteroatoms. The van der Waals surface area contributed by atoms with Crippen LogP contribution in [0.1, 0.15) is 42.7 Å². The number of nitrogen functional groups attached to an aromatic ring is 2. The van der Waals surface area contributed by atoms with Crippen molar-refractivity contribution in [2.24, 2.45) is 0 Å². The van der Waals surface area contributed by atoms with E-state index in [-0.39, 0.29) is 30.2 Å². The van der Waals surface area contributed by atoms with Gasteiger partial charge in [0, 0.05) is 24.7 Å². The number of amides is 1. The van der Waals surface area contributed by atoms with E-state index in [1.165, 1.54) is 12.1 Å². The van der Waals surface area contributed by atoms with Crippen LogP contribution >= 0.6 is 0 Å². The van der Waals surface area contributed by atoms with Crippen molar-refractivity contribution in [2.45, 2.75) is 39.3 Å². The highest BCUT2D eigenvalue weighted by Crippen LogP contribution is 2.19. The number of nitrogens with one attached hydrogen (secondary N) is 1. The second-order valence-corrected chi connectivity index (χ2v) is 7.20. The smallest absolute Gasteiger partial charge is 0.326 e. The predicted molar refractivity (Wildman–Crippen MR) is 141 cm³/mol. The van der Waals surface area contributed by atoms with Crippen molar-refractivity contribution in [3.63, 3.8) is 0 Å². The Labute approximate surface area is 214 Å². The lowest BCUT2D eigenvalue weighted by Gasteiger charge is -2.19. The van der Waals surface area contributed by atoms with Crippen LogP contribution in [-0.4, -0.2) is 61.1 Å². The van der Waals surface area contributed by atoms with Crippen molar-refractivity contribution in [3.05, 3.63) is 54.9 Å². The van der Waals surface area contributed by atoms with Gasteiger partial charge in [0.05, 0.1) is 18.4 Å². The maximum atomic E-state index is 12.4. The van der Waals surface area contributed by atoms with E-state index in [9.17, 15) is 19.5 Å². The lowest BCUT2D eigenvalue weighted by atomic mass is 10.1. The Morgan fingerprint density at radius 3 is 2.24 bits per heavy atom. The normalized spacial score (nSPS) is 10.7. The average molecular weight is 513 g/mol. The van der Waals surface area contributed by atoms with Crippen LogP contribution in [0.25, 0.3) is 11.2 Å². The maximum absolute atomic E-state index is 12.4. The molecule has 0 saturated heterocycles. The summed E-state index contributed by atoms with van der Waals surface area (Å²) in [5.41, 5.74) is 13.7. The summed E-state index contributed by atoms with van der Waals surface area (Å²) >= 11 is 0. The fourth-order valence-electron chi connectivity index (χ4n) is 3.03. The quantitative estimate of drug-likeness (QED) is 0.261. The second kappa shape index (κ2) is 14.6. The van der Waals surface area contributed by atoms with Gasteiger partial charge >= 0.3 is 11.9 Å². The van der Waals surface area contributed by atoms with Gasteiger partial charge in [-0.2, -0.15) is 9.97 Å². The minimum atomic E-state index is -1.30. The number of carbonyl (C=O) groups excluding carboxylic acids is 1. The molecule has 1 unspecified atom stereocenters. The fraction of sp³-hybridized carbons (Fsp3) is 0.292. The molecule has 3 aromatic rings. The number of carboxylic acids is 2. The third kappa shape index (κ3) is 8.72. The number of fused-ring (bicyclic) bond motifs is 1. The van der Waals surface area contributed by atoms with Crippen molar-refractivity contribution in [2.75, 3.05) is 23.4 Å². The molecule has 0 aliphatic heterocycles. The first-order chi connectivity index (χ1) is 17.6. The minimum absolute atomic E-state index is 0.0138. The minimum Gasteiger partial charge on any atom is -0.481 e. The standard InChI is InChI=1S/C20H22N8O5.C2H6.C2H4/c1-28(9-11-8-23-17-15(24-11)16(21)26-20(22)27-17)12-4-2-10(3-5-12)18(31)25-13(19(32)33)6-7-14(29)30;2*1-2/h2-5,8,13H,6-7,9H2,1H3,(H,25,31)(H,29,30)(H,32,33)(H4,21,22,23,26,27);1-2H3;1-2H2. The first-order valence-electron chi connectivity index (χ1n) is 11.3. The van der Waals surface area contributed by atoms with Gasteiger partial charge in [-0.25, -0.2) is 14.8 Å². The number of aliphatic carboxylic acids is 2. The van der Waals surface area contributed by atoms with Gasteiger partial charge in [0.1, 0.15) is 6.04 Å². The van der Waals surface area contributed by atoms with Crippen LogP contribution in [0.15, 0.2) is 43.6 Å². The number of hydrogen-bond donors (Lipinski definition) is 5. The Morgan fingerprint density at radius 2 is 1.68 bits per heavy atom. The van der Waals surface area contributed by atoms with Crippen molar-refractivity contribution in [1.82, 2.24) is 25.3 Å². The second-order valence-electron chi connectivity index (χ2n) is 7.20.